The third-order valence-corrected chi connectivity index (χ3v) is 5.96. The summed E-state index contributed by atoms with van der Waals surface area (Å²) in [7, 11) is 0. The number of para-hydroxylation sites is 1. The molecular weight excluding hydrogens is 380 g/mol. The Hall–Kier alpha value is -2.84. The van der Waals surface area contributed by atoms with Gasteiger partial charge in [0.05, 0.1) is 17.8 Å². The zero-order valence-corrected chi connectivity index (χ0v) is 17.6. The van der Waals surface area contributed by atoms with Gasteiger partial charge in [0.1, 0.15) is 5.52 Å². The molecule has 0 saturated carbocycles. The lowest BCUT2D eigenvalue weighted by Gasteiger charge is -2.22. The minimum atomic E-state index is -0.104. The fraction of sp³-hybridized carbons (Fsp3) is 0.455. The monoisotopic (exact) mass is 406 g/mol. The molecule has 1 aromatic carbocycles. The van der Waals surface area contributed by atoms with E-state index in [0.717, 1.165) is 64.9 Å². The zero-order valence-electron chi connectivity index (χ0n) is 17.6. The summed E-state index contributed by atoms with van der Waals surface area (Å²) < 4.78 is 15.6. The fourth-order valence-corrected chi connectivity index (χ4v) is 4.04. The van der Waals surface area contributed by atoms with E-state index < -0.39 is 0 Å². The number of aromatic nitrogens is 6. The molecule has 156 valence electrons. The quantitative estimate of drug-likeness (QED) is 0.503. The molecule has 4 aromatic rings. The fourth-order valence-electron chi connectivity index (χ4n) is 4.04. The van der Waals surface area contributed by atoms with E-state index in [2.05, 4.69) is 38.9 Å². The highest BCUT2D eigenvalue weighted by molar-refractivity contribution is 6.04. The van der Waals surface area contributed by atoms with Crippen LogP contribution < -0.4 is 0 Å². The number of ether oxygens (including phenoxy) is 2. The van der Waals surface area contributed by atoms with Gasteiger partial charge >= 0.3 is 0 Å². The number of hydrogen-bond donors (Lipinski definition) is 0. The second-order valence-corrected chi connectivity index (χ2v) is 7.83. The molecular formula is C22H26N6O2. The van der Waals surface area contributed by atoms with Crippen molar-refractivity contribution < 1.29 is 9.47 Å². The van der Waals surface area contributed by atoms with Gasteiger partial charge in [-0.05, 0) is 51.7 Å². The molecule has 1 fully saturated rings. The summed E-state index contributed by atoms with van der Waals surface area (Å²) in [5, 5.41) is 14.5. The van der Waals surface area contributed by atoms with E-state index in [9.17, 15) is 0 Å². The summed E-state index contributed by atoms with van der Waals surface area (Å²) in [6.07, 6.45) is 3.12. The summed E-state index contributed by atoms with van der Waals surface area (Å²) >= 11 is 0. The van der Waals surface area contributed by atoms with E-state index in [-0.39, 0.29) is 6.29 Å². The molecule has 1 saturated heterocycles. The summed E-state index contributed by atoms with van der Waals surface area (Å²) in [5.74, 6) is 0.483. The number of aryl methyl sites for hydroxylation is 1. The molecule has 0 N–H and O–H groups in total. The topological polar surface area (TPSA) is 79.9 Å². The molecule has 4 heterocycles. The van der Waals surface area contributed by atoms with Gasteiger partial charge in [0.25, 0.3) is 5.95 Å². The summed E-state index contributed by atoms with van der Waals surface area (Å²) in [5.41, 5.74) is 5.79. The Bertz CT molecular complexity index is 1210. The zero-order chi connectivity index (χ0) is 20.7. The normalized spacial score (nSPS) is 17.2. The summed E-state index contributed by atoms with van der Waals surface area (Å²) in [6.45, 7) is 8.07. The van der Waals surface area contributed by atoms with E-state index in [0.29, 0.717) is 19.1 Å². The second-order valence-electron chi connectivity index (χ2n) is 7.83. The molecule has 0 bridgehead atoms. The van der Waals surface area contributed by atoms with Gasteiger partial charge in [0.2, 0.25) is 0 Å². The van der Waals surface area contributed by atoms with Crippen LogP contribution in [0.1, 0.15) is 36.2 Å². The van der Waals surface area contributed by atoms with Crippen LogP contribution in [0.2, 0.25) is 0 Å². The number of nitrogens with zero attached hydrogens (tertiary/aromatic N) is 6. The van der Waals surface area contributed by atoms with E-state index in [1.165, 1.54) is 0 Å². The van der Waals surface area contributed by atoms with E-state index in [1.807, 2.05) is 26.0 Å². The minimum Gasteiger partial charge on any atom is -0.353 e. The predicted molar refractivity (Wildman–Crippen MR) is 114 cm³/mol. The van der Waals surface area contributed by atoms with Crippen LogP contribution in [0.15, 0.2) is 24.3 Å². The van der Waals surface area contributed by atoms with Crippen molar-refractivity contribution in [2.24, 2.45) is 0 Å². The van der Waals surface area contributed by atoms with Gasteiger partial charge in [-0.2, -0.15) is 10.1 Å². The SMILES string of the molecule is Cc1nn(-c2nnc3c4ccccc4n(CCOC4CCCCO4)c3n2)c(C)c1C. The minimum absolute atomic E-state index is 0.104. The van der Waals surface area contributed by atoms with Gasteiger partial charge in [-0.1, -0.05) is 18.2 Å². The molecule has 1 aliphatic rings. The average Bonchev–Trinajstić information content (AvgIpc) is 3.23. The smallest absolute Gasteiger partial charge is 0.272 e. The Balaban J connectivity index is 1.53. The molecule has 8 nitrogen and oxygen atoms in total. The Morgan fingerprint density at radius 3 is 2.77 bits per heavy atom. The molecule has 1 unspecified atom stereocenters. The van der Waals surface area contributed by atoms with Crippen LogP contribution in [0, 0.1) is 20.8 Å². The van der Waals surface area contributed by atoms with Crippen molar-refractivity contribution in [1.82, 2.24) is 29.5 Å². The highest BCUT2D eigenvalue weighted by atomic mass is 16.7. The van der Waals surface area contributed by atoms with Crippen molar-refractivity contribution in [2.45, 2.75) is 52.9 Å². The first-order chi connectivity index (χ1) is 14.6. The molecule has 0 aliphatic carbocycles. The molecule has 3 aromatic heterocycles. The first-order valence-electron chi connectivity index (χ1n) is 10.5. The third kappa shape index (κ3) is 3.26. The maximum atomic E-state index is 5.98. The Kier molecular flexibility index (Phi) is 4.96. The molecule has 0 radical (unpaired) electrons. The van der Waals surface area contributed by atoms with Gasteiger partial charge in [0.15, 0.2) is 11.9 Å². The van der Waals surface area contributed by atoms with Gasteiger partial charge < -0.3 is 14.0 Å². The summed E-state index contributed by atoms with van der Waals surface area (Å²) in [4.78, 5) is 4.87. The molecule has 1 aliphatic heterocycles. The highest BCUT2D eigenvalue weighted by Gasteiger charge is 2.19. The maximum absolute atomic E-state index is 5.98. The van der Waals surface area contributed by atoms with Crippen LogP contribution in [-0.4, -0.2) is 49.0 Å². The van der Waals surface area contributed by atoms with Crippen LogP contribution in [-0.2, 0) is 16.0 Å². The maximum Gasteiger partial charge on any atom is 0.272 e. The van der Waals surface area contributed by atoms with Crippen molar-refractivity contribution in [3.63, 3.8) is 0 Å². The lowest BCUT2D eigenvalue weighted by Crippen LogP contribution is -2.24. The number of rotatable bonds is 5. The highest BCUT2D eigenvalue weighted by Crippen LogP contribution is 2.26. The van der Waals surface area contributed by atoms with Gasteiger partial charge in [-0.25, -0.2) is 4.68 Å². The summed E-state index contributed by atoms with van der Waals surface area (Å²) in [6, 6.07) is 8.19. The van der Waals surface area contributed by atoms with Crippen LogP contribution in [0.4, 0.5) is 0 Å². The second kappa shape index (κ2) is 7.77. The van der Waals surface area contributed by atoms with Crippen molar-refractivity contribution in [2.75, 3.05) is 13.2 Å². The lowest BCUT2D eigenvalue weighted by molar-refractivity contribution is -0.163. The van der Waals surface area contributed by atoms with Crippen LogP contribution in [0.5, 0.6) is 0 Å². The number of fused-ring (bicyclic) bond motifs is 3. The Morgan fingerprint density at radius 2 is 2.00 bits per heavy atom. The average molecular weight is 406 g/mol. The first kappa shape index (κ1) is 19.1. The molecule has 0 spiro atoms. The van der Waals surface area contributed by atoms with Crippen LogP contribution in [0.3, 0.4) is 0 Å². The van der Waals surface area contributed by atoms with Gasteiger partial charge in [-0.15, -0.1) is 10.2 Å². The molecule has 5 rings (SSSR count). The predicted octanol–water partition coefficient (Wildman–Crippen LogP) is 3.63. The number of hydrogen-bond acceptors (Lipinski definition) is 6. The van der Waals surface area contributed by atoms with E-state index >= 15 is 0 Å². The Morgan fingerprint density at radius 1 is 1.13 bits per heavy atom. The molecule has 30 heavy (non-hydrogen) atoms. The number of benzene rings is 1. The standard InChI is InChI=1S/C22H26N6O2/c1-14-15(2)26-28(16(14)3)22-23-21-20(24-25-22)17-8-4-5-9-18(17)27(21)11-13-30-19-10-6-7-12-29-19/h4-5,8-9,19H,6-7,10-13H2,1-3H3. The van der Waals surface area contributed by atoms with Crippen LogP contribution >= 0.6 is 0 Å². The third-order valence-electron chi connectivity index (χ3n) is 5.96. The van der Waals surface area contributed by atoms with E-state index in [1.54, 1.807) is 4.68 Å². The van der Waals surface area contributed by atoms with Gasteiger partial charge in [-0.3, -0.25) is 0 Å². The Labute approximate surface area is 174 Å². The van der Waals surface area contributed by atoms with Crippen LogP contribution in [0.25, 0.3) is 28.0 Å². The molecule has 8 heteroatoms. The van der Waals surface area contributed by atoms with Crippen molar-refractivity contribution in [3.8, 4) is 5.95 Å². The van der Waals surface area contributed by atoms with Crippen molar-refractivity contribution >= 4 is 22.1 Å². The lowest BCUT2D eigenvalue weighted by atomic mass is 10.2. The van der Waals surface area contributed by atoms with Crippen molar-refractivity contribution in [1.29, 1.82) is 0 Å². The molecule has 1 atom stereocenters. The van der Waals surface area contributed by atoms with Gasteiger partial charge in [0, 0.05) is 24.2 Å². The first-order valence-corrected chi connectivity index (χ1v) is 10.5. The van der Waals surface area contributed by atoms with E-state index in [4.69, 9.17) is 14.5 Å². The largest absolute Gasteiger partial charge is 0.353 e. The van der Waals surface area contributed by atoms with Crippen molar-refractivity contribution in [3.05, 3.63) is 41.2 Å². The molecule has 0 amide bonds.